The third-order valence-corrected chi connectivity index (χ3v) is 8.44. The summed E-state index contributed by atoms with van der Waals surface area (Å²) in [5.41, 5.74) is 2.07. The highest BCUT2D eigenvalue weighted by molar-refractivity contribution is 9.10. The Balaban J connectivity index is 1.53. The van der Waals surface area contributed by atoms with E-state index >= 15 is 0 Å². The van der Waals surface area contributed by atoms with Gasteiger partial charge in [0.2, 0.25) is 5.91 Å². The predicted molar refractivity (Wildman–Crippen MR) is 127 cm³/mol. The Morgan fingerprint density at radius 1 is 1.29 bits per heavy atom. The molecule has 1 amide bonds. The van der Waals surface area contributed by atoms with E-state index in [-0.39, 0.29) is 28.9 Å². The molecular weight excluding hydrogens is 505 g/mol. The quantitative estimate of drug-likeness (QED) is 0.641. The monoisotopic (exact) mass is 525 g/mol. The Labute approximate surface area is 193 Å². The normalized spacial score (nSPS) is 21.6. The lowest BCUT2D eigenvalue weighted by molar-refractivity contribution is -0.113. The molecule has 2 aromatic carbocycles. The lowest BCUT2D eigenvalue weighted by Crippen LogP contribution is -2.40. The summed E-state index contributed by atoms with van der Waals surface area (Å²) in [7, 11) is -3.24. The van der Waals surface area contributed by atoms with Crippen LogP contribution in [0.5, 0.6) is 0 Å². The maximum absolute atomic E-state index is 14.7. The molecule has 0 saturated carbocycles. The van der Waals surface area contributed by atoms with E-state index in [9.17, 15) is 17.6 Å². The first-order valence-electron chi connectivity index (χ1n) is 9.80. The second-order valence-electron chi connectivity index (χ2n) is 7.44. The molecule has 0 spiro atoms. The van der Waals surface area contributed by atoms with Gasteiger partial charge in [-0.15, -0.1) is 0 Å². The van der Waals surface area contributed by atoms with E-state index in [0.717, 1.165) is 17.7 Å². The van der Waals surface area contributed by atoms with Crippen LogP contribution in [0.4, 0.5) is 15.8 Å². The van der Waals surface area contributed by atoms with E-state index < -0.39 is 27.7 Å². The average Bonchev–Trinajstić information content (AvgIpc) is 3.18. The van der Waals surface area contributed by atoms with Crippen LogP contribution in [0.2, 0.25) is 0 Å². The number of amidine groups is 1. The van der Waals surface area contributed by atoms with E-state index in [1.807, 2.05) is 31.2 Å². The predicted octanol–water partition coefficient (Wildman–Crippen LogP) is 3.86. The molecule has 0 bridgehead atoms. The lowest BCUT2D eigenvalue weighted by Gasteiger charge is -2.26. The minimum atomic E-state index is -3.24. The highest BCUT2D eigenvalue weighted by Gasteiger charge is 2.47. The minimum Gasteiger partial charge on any atom is -0.325 e. The molecule has 1 fully saturated rings. The van der Waals surface area contributed by atoms with Crippen LogP contribution in [0.25, 0.3) is 0 Å². The van der Waals surface area contributed by atoms with Gasteiger partial charge in [-0.05, 0) is 36.2 Å². The van der Waals surface area contributed by atoms with Crippen LogP contribution in [-0.2, 0) is 21.1 Å². The molecule has 6 nitrogen and oxygen atoms in total. The number of hydrogen-bond acceptors (Lipinski definition) is 6. The Bertz CT molecular complexity index is 1160. The number of amides is 1. The zero-order valence-corrected chi connectivity index (χ0v) is 19.9. The standard InChI is InChI=1S/C21H21BrFN3O3S2/c1-2-13-5-3-4-6-16(13)24-20(27)10-30-21-25-17-11-31(28,29)12-19(17)26(21)18-8-7-14(22)9-15(18)23/h3-9,17,19H,2,10-12H2,1H3,(H,24,27)/t17-,19+/m1/s1. The van der Waals surface area contributed by atoms with E-state index in [1.165, 1.54) is 17.8 Å². The van der Waals surface area contributed by atoms with Crippen LogP contribution in [0, 0.1) is 5.82 Å². The number of benzene rings is 2. The highest BCUT2D eigenvalue weighted by atomic mass is 79.9. The number of hydrogen-bond donors (Lipinski definition) is 1. The summed E-state index contributed by atoms with van der Waals surface area (Å²) >= 11 is 4.43. The van der Waals surface area contributed by atoms with Crippen LogP contribution in [0.3, 0.4) is 0 Å². The zero-order valence-electron chi connectivity index (χ0n) is 16.7. The first kappa shape index (κ1) is 22.3. The maximum atomic E-state index is 14.7. The summed E-state index contributed by atoms with van der Waals surface area (Å²) in [6.07, 6.45) is 0.796. The number of fused-ring (bicyclic) bond motifs is 1. The lowest BCUT2D eigenvalue weighted by atomic mass is 10.1. The topological polar surface area (TPSA) is 78.8 Å². The van der Waals surface area contributed by atoms with Gasteiger partial charge >= 0.3 is 0 Å². The number of sulfone groups is 1. The minimum absolute atomic E-state index is 0.0631. The highest BCUT2D eigenvalue weighted by Crippen LogP contribution is 2.37. The molecule has 2 atom stereocenters. The molecular formula is C21H21BrFN3O3S2. The second-order valence-corrected chi connectivity index (χ2v) is 11.4. The Kier molecular flexibility index (Phi) is 6.41. The molecule has 164 valence electrons. The number of halogens is 2. The third kappa shape index (κ3) is 4.80. The fraction of sp³-hybridized carbons (Fsp3) is 0.333. The first-order valence-corrected chi connectivity index (χ1v) is 13.4. The Hall–Kier alpha value is -1.91. The van der Waals surface area contributed by atoms with Gasteiger partial charge in [-0.2, -0.15) is 0 Å². The number of nitrogens with one attached hydrogen (secondary N) is 1. The smallest absolute Gasteiger partial charge is 0.234 e. The molecule has 0 aromatic heterocycles. The van der Waals surface area contributed by atoms with Gasteiger partial charge in [0.1, 0.15) is 5.82 Å². The molecule has 31 heavy (non-hydrogen) atoms. The van der Waals surface area contributed by atoms with Crippen LogP contribution < -0.4 is 10.2 Å². The van der Waals surface area contributed by atoms with Gasteiger partial charge in [0, 0.05) is 10.2 Å². The molecule has 1 N–H and O–H groups in total. The molecule has 2 heterocycles. The van der Waals surface area contributed by atoms with Crippen molar-refractivity contribution in [2.45, 2.75) is 25.4 Å². The summed E-state index contributed by atoms with van der Waals surface area (Å²) in [5.74, 6) is -0.746. The zero-order chi connectivity index (χ0) is 22.2. The van der Waals surface area contributed by atoms with Crippen molar-refractivity contribution in [3.63, 3.8) is 0 Å². The van der Waals surface area contributed by atoms with Crippen LogP contribution in [0.1, 0.15) is 12.5 Å². The number of aryl methyl sites for hydroxylation is 1. The summed E-state index contributed by atoms with van der Waals surface area (Å²) in [4.78, 5) is 18.7. The van der Waals surface area contributed by atoms with Crippen molar-refractivity contribution < 1.29 is 17.6 Å². The van der Waals surface area contributed by atoms with Gasteiger partial charge in [-0.25, -0.2) is 12.8 Å². The van der Waals surface area contributed by atoms with Gasteiger partial charge in [-0.3, -0.25) is 9.79 Å². The molecule has 1 saturated heterocycles. The number of para-hydroxylation sites is 1. The average molecular weight is 526 g/mol. The number of thioether (sulfide) groups is 1. The van der Waals surface area contributed by atoms with Crippen molar-refractivity contribution in [2.24, 2.45) is 4.99 Å². The van der Waals surface area contributed by atoms with E-state index in [2.05, 4.69) is 26.2 Å². The van der Waals surface area contributed by atoms with Crippen molar-refractivity contribution in [2.75, 3.05) is 27.5 Å². The van der Waals surface area contributed by atoms with Gasteiger partial charge in [-0.1, -0.05) is 52.8 Å². The van der Waals surface area contributed by atoms with Gasteiger partial charge in [0.25, 0.3) is 0 Å². The second kappa shape index (κ2) is 8.91. The van der Waals surface area contributed by atoms with Gasteiger partial charge < -0.3 is 10.2 Å². The fourth-order valence-corrected chi connectivity index (χ4v) is 6.95. The van der Waals surface area contributed by atoms with Crippen molar-refractivity contribution in [3.8, 4) is 0 Å². The summed E-state index contributed by atoms with van der Waals surface area (Å²) < 4.78 is 39.6. The van der Waals surface area contributed by atoms with Gasteiger partial charge in [0.15, 0.2) is 15.0 Å². The largest absolute Gasteiger partial charge is 0.325 e. The molecule has 0 radical (unpaired) electrons. The molecule has 4 rings (SSSR count). The van der Waals surface area contributed by atoms with Crippen molar-refractivity contribution in [1.29, 1.82) is 0 Å². The maximum Gasteiger partial charge on any atom is 0.234 e. The molecule has 0 unspecified atom stereocenters. The van der Waals surface area contributed by atoms with Gasteiger partial charge in [0.05, 0.1) is 35.0 Å². The summed E-state index contributed by atoms with van der Waals surface area (Å²) in [5, 5.41) is 3.38. The van der Waals surface area contributed by atoms with Crippen molar-refractivity contribution >= 4 is 60.0 Å². The molecule has 2 aliphatic heterocycles. The molecule has 0 aliphatic carbocycles. The Morgan fingerprint density at radius 2 is 2.06 bits per heavy atom. The Morgan fingerprint density at radius 3 is 2.81 bits per heavy atom. The van der Waals surface area contributed by atoms with Crippen molar-refractivity contribution in [1.82, 2.24) is 0 Å². The number of anilines is 2. The molecule has 2 aliphatic rings. The number of carbonyl (C=O) groups excluding carboxylic acids is 1. The summed E-state index contributed by atoms with van der Waals surface area (Å²) in [6, 6.07) is 11.3. The van der Waals surface area contributed by atoms with E-state index in [4.69, 9.17) is 0 Å². The molecule has 10 heteroatoms. The molecule has 2 aromatic rings. The fourth-order valence-electron chi connectivity index (χ4n) is 3.86. The first-order chi connectivity index (χ1) is 14.8. The third-order valence-electron chi connectivity index (χ3n) is 5.28. The van der Waals surface area contributed by atoms with Crippen LogP contribution in [0.15, 0.2) is 51.9 Å². The van der Waals surface area contributed by atoms with E-state index in [0.29, 0.717) is 9.64 Å². The van der Waals surface area contributed by atoms with E-state index in [1.54, 1.807) is 17.0 Å². The number of rotatable bonds is 5. The van der Waals surface area contributed by atoms with Crippen molar-refractivity contribution in [3.05, 3.63) is 58.3 Å². The number of aliphatic imine (C=N–C) groups is 1. The van der Waals surface area contributed by atoms with Crippen LogP contribution >= 0.6 is 27.7 Å². The number of nitrogens with zero attached hydrogens (tertiary/aromatic N) is 2. The number of carbonyl (C=O) groups is 1. The summed E-state index contributed by atoms with van der Waals surface area (Å²) in [6.45, 7) is 2.02. The van der Waals surface area contributed by atoms with Crippen LogP contribution in [-0.4, -0.2) is 48.8 Å². The SMILES string of the molecule is CCc1ccccc1NC(=O)CSC1=N[C@@H]2CS(=O)(=O)C[C@@H]2N1c1ccc(Br)cc1F.